The predicted molar refractivity (Wildman–Crippen MR) is 109 cm³/mol. The van der Waals surface area contributed by atoms with Crippen LogP contribution in [0.25, 0.3) is 11.0 Å². The van der Waals surface area contributed by atoms with Gasteiger partial charge in [0.05, 0.1) is 30.0 Å². The molecule has 5 heteroatoms. The molecule has 2 aliphatic rings. The molecular formula is C23H25N3O2. The number of amides is 1. The van der Waals surface area contributed by atoms with Crippen LogP contribution in [-0.4, -0.2) is 33.5 Å². The number of hydrogen-bond donors (Lipinski definition) is 0. The summed E-state index contributed by atoms with van der Waals surface area (Å²) in [5.74, 6) is 0.970. The van der Waals surface area contributed by atoms with Crippen LogP contribution in [0.15, 0.2) is 48.8 Å². The fourth-order valence-corrected chi connectivity index (χ4v) is 4.28. The summed E-state index contributed by atoms with van der Waals surface area (Å²) in [4.78, 5) is 19.8. The van der Waals surface area contributed by atoms with Crippen LogP contribution in [-0.2, 0) is 0 Å². The largest absolute Gasteiger partial charge is 0.494 e. The Bertz CT molecular complexity index is 1000. The molecule has 144 valence electrons. The molecule has 1 aliphatic carbocycles. The van der Waals surface area contributed by atoms with Crippen LogP contribution >= 0.6 is 0 Å². The maximum Gasteiger partial charge on any atom is 0.254 e. The van der Waals surface area contributed by atoms with Gasteiger partial charge >= 0.3 is 0 Å². The molecule has 1 amide bonds. The average Bonchev–Trinajstić information content (AvgIpc) is 3.29. The maximum absolute atomic E-state index is 13.3. The quantitative estimate of drug-likeness (QED) is 0.647. The van der Waals surface area contributed by atoms with E-state index in [2.05, 4.69) is 27.8 Å². The second-order valence-electron chi connectivity index (χ2n) is 7.75. The Balaban J connectivity index is 1.39. The van der Waals surface area contributed by atoms with Crippen LogP contribution in [0.1, 0.15) is 60.6 Å². The summed E-state index contributed by atoms with van der Waals surface area (Å²) < 4.78 is 7.78. The van der Waals surface area contributed by atoms with Crippen LogP contribution in [0.3, 0.4) is 0 Å². The lowest BCUT2D eigenvalue weighted by Crippen LogP contribution is -2.30. The Morgan fingerprint density at radius 2 is 1.96 bits per heavy atom. The molecule has 0 spiro atoms. The number of ether oxygens (including phenoxy) is 1. The van der Waals surface area contributed by atoms with E-state index in [4.69, 9.17) is 4.74 Å². The first kappa shape index (κ1) is 17.3. The van der Waals surface area contributed by atoms with Gasteiger partial charge in [-0.2, -0.15) is 0 Å². The first-order valence-corrected chi connectivity index (χ1v) is 10.2. The van der Waals surface area contributed by atoms with E-state index in [0.29, 0.717) is 12.6 Å². The fraction of sp³-hybridized carbons (Fsp3) is 0.391. The monoisotopic (exact) mass is 375 g/mol. The molecule has 0 bridgehead atoms. The van der Waals surface area contributed by atoms with Gasteiger partial charge in [-0.25, -0.2) is 4.98 Å². The minimum absolute atomic E-state index is 0.0965. The van der Waals surface area contributed by atoms with Crippen molar-refractivity contribution in [2.24, 2.45) is 0 Å². The highest BCUT2D eigenvalue weighted by Crippen LogP contribution is 2.38. The molecule has 0 radical (unpaired) electrons. The van der Waals surface area contributed by atoms with E-state index in [1.165, 1.54) is 18.4 Å². The summed E-state index contributed by atoms with van der Waals surface area (Å²) in [7, 11) is 0. The third-order valence-electron chi connectivity index (χ3n) is 5.85. The predicted octanol–water partition coefficient (Wildman–Crippen LogP) is 4.75. The maximum atomic E-state index is 13.3. The number of imidazole rings is 1. The van der Waals surface area contributed by atoms with E-state index < -0.39 is 0 Å². The lowest BCUT2D eigenvalue weighted by Gasteiger charge is -2.25. The molecule has 1 aliphatic heterocycles. The standard InChI is InChI=1S/C23H25N3O2/c1-2-28-19-10-5-16(6-11-19)21-4-3-13-25(21)23(27)17-7-12-22-20(14-17)24-15-26(22)18-8-9-18/h5-7,10-12,14-15,18,21H,2-4,8-9,13H2,1H3/t21-/m1/s1. The summed E-state index contributed by atoms with van der Waals surface area (Å²) >= 11 is 0. The van der Waals surface area contributed by atoms with Crippen LogP contribution < -0.4 is 4.74 Å². The molecule has 1 saturated carbocycles. The Kier molecular flexibility index (Phi) is 4.30. The SMILES string of the molecule is CCOc1ccc([C@H]2CCCN2C(=O)c2ccc3c(c2)ncn3C2CC2)cc1. The summed E-state index contributed by atoms with van der Waals surface area (Å²) in [6, 6.07) is 14.8. The van der Waals surface area contributed by atoms with E-state index in [1.54, 1.807) is 0 Å². The zero-order chi connectivity index (χ0) is 19.1. The summed E-state index contributed by atoms with van der Waals surface area (Å²) in [5, 5.41) is 0. The lowest BCUT2D eigenvalue weighted by atomic mass is 10.0. The third-order valence-corrected chi connectivity index (χ3v) is 5.85. The Morgan fingerprint density at radius 1 is 1.14 bits per heavy atom. The molecule has 5 rings (SSSR count). The highest BCUT2D eigenvalue weighted by molar-refractivity contribution is 5.97. The molecule has 1 aromatic heterocycles. The number of aromatic nitrogens is 2. The minimum Gasteiger partial charge on any atom is -0.494 e. The summed E-state index contributed by atoms with van der Waals surface area (Å²) in [6.45, 7) is 3.44. The van der Waals surface area contributed by atoms with Crippen molar-refractivity contribution in [1.82, 2.24) is 14.5 Å². The second kappa shape index (κ2) is 6.97. The lowest BCUT2D eigenvalue weighted by molar-refractivity contribution is 0.0736. The van der Waals surface area contributed by atoms with Gasteiger partial charge in [0.1, 0.15) is 5.75 Å². The summed E-state index contributed by atoms with van der Waals surface area (Å²) in [5.41, 5.74) is 3.94. The molecule has 1 saturated heterocycles. The topological polar surface area (TPSA) is 47.4 Å². The van der Waals surface area contributed by atoms with Crippen LogP contribution in [0.4, 0.5) is 0 Å². The van der Waals surface area contributed by atoms with E-state index in [0.717, 1.165) is 41.7 Å². The van der Waals surface area contributed by atoms with Crippen molar-refractivity contribution in [2.75, 3.05) is 13.2 Å². The van der Waals surface area contributed by atoms with Crippen LogP contribution in [0, 0.1) is 0 Å². The van der Waals surface area contributed by atoms with Gasteiger partial charge in [-0.1, -0.05) is 12.1 Å². The number of carbonyl (C=O) groups is 1. The number of hydrogen-bond acceptors (Lipinski definition) is 3. The average molecular weight is 375 g/mol. The molecule has 3 aromatic rings. The van der Waals surface area contributed by atoms with Crippen molar-refractivity contribution < 1.29 is 9.53 Å². The van der Waals surface area contributed by atoms with E-state index >= 15 is 0 Å². The third kappa shape index (κ3) is 3.05. The highest BCUT2D eigenvalue weighted by atomic mass is 16.5. The molecular weight excluding hydrogens is 350 g/mol. The number of nitrogens with zero attached hydrogens (tertiary/aromatic N) is 3. The van der Waals surface area contributed by atoms with E-state index in [-0.39, 0.29) is 11.9 Å². The number of fused-ring (bicyclic) bond motifs is 1. The fourth-order valence-electron chi connectivity index (χ4n) is 4.28. The summed E-state index contributed by atoms with van der Waals surface area (Å²) in [6.07, 6.45) is 6.39. The number of rotatable bonds is 5. The molecule has 2 aromatic carbocycles. The molecule has 2 fully saturated rings. The van der Waals surface area contributed by atoms with Gasteiger partial charge in [0.2, 0.25) is 0 Å². The normalized spacial score (nSPS) is 19.3. The molecule has 2 heterocycles. The van der Waals surface area contributed by atoms with Gasteiger partial charge in [-0.05, 0) is 68.5 Å². The zero-order valence-corrected chi connectivity index (χ0v) is 16.2. The minimum atomic E-state index is 0.0965. The van der Waals surface area contributed by atoms with Gasteiger partial charge in [-0.15, -0.1) is 0 Å². The highest BCUT2D eigenvalue weighted by Gasteiger charge is 2.31. The van der Waals surface area contributed by atoms with Crippen molar-refractivity contribution in [1.29, 1.82) is 0 Å². The van der Waals surface area contributed by atoms with Gasteiger partial charge in [-0.3, -0.25) is 4.79 Å². The first-order valence-electron chi connectivity index (χ1n) is 10.2. The Labute approximate surface area is 164 Å². The number of carbonyl (C=O) groups excluding carboxylic acids is 1. The van der Waals surface area contributed by atoms with Gasteiger partial charge in [0.15, 0.2) is 0 Å². The van der Waals surface area contributed by atoms with Crippen LogP contribution in [0.5, 0.6) is 5.75 Å². The smallest absolute Gasteiger partial charge is 0.254 e. The van der Waals surface area contributed by atoms with Crippen molar-refractivity contribution in [3.05, 3.63) is 59.9 Å². The van der Waals surface area contributed by atoms with E-state index in [1.807, 2.05) is 42.4 Å². The van der Waals surface area contributed by atoms with E-state index in [9.17, 15) is 4.79 Å². The molecule has 0 N–H and O–H groups in total. The molecule has 5 nitrogen and oxygen atoms in total. The van der Waals surface area contributed by atoms with Crippen LogP contribution in [0.2, 0.25) is 0 Å². The Hall–Kier alpha value is -2.82. The zero-order valence-electron chi connectivity index (χ0n) is 16.2. The van der Waals surface area contributed by atoms with Crippen molar-refractivity contribution >= 4 is 16.9 Å². The van der Waals surface area contributed by atoms with Gasteiger partial charge in [0.25, 0.3) is 5.91 Å². The van der Waals surface area contributed by atoms with Gasteiger partial charge < -0.3 is 14.2 Å². The van der Waals surface area contributed by atoms with Crippen molar-refractivity contribution in [2.45, 2.75) is 44.7 Å². The molecule has 0 unspecified atom stereocenters. The first-order chi connectivity index (χ1) is 13.7. The molecule has 28 heavy (non-hydrogen) atoms. The second-order valence-corrected chi connectivity index (χ2v) is 7.75. The Morgan fingerprint density at radius 3 is 2.71 bits per heavy atom. The molecule has 1 atom stereocenters. The van der Waals surface area contributed by atoms with Gasteiger partial charge in [0, 0.05) is 18.2 Å². The van der Waals surface area contributed by atoms with Crippen molar-refractivity contribution in [3.63, 3.8) is 0 Å². The number of likely N-dealkylation sites (tertiary alicyclic amines) is 1. The van der Waals surface area contributed by atoms with Crippen molar-refractivity contribution in [3.8, 4) is 5.75 Å². The number of benzene rings is 2.